The van der Waals surface area contributed by atoms with Gasteiger partial charge in [-0.3, -0.25) is 4.79 Å². The van der Waals surface area contributed by atoms with Crippen molar-refractivity contribution in [2.24, 2.45) is 0 Å². The molecule has 1 heterocycles. The highest BCUT2D eigenvalue weighted by atomic mass is 16.2. The van der Waals surface area contributed by atoms with Crippen LogP contribution in [0.4, 0.5) is 5.69 Å². The first-order chi connectivity index (χ1) is 9.19. The van der Waals surface area contributed by atoms with Crippen LogP contribution in [0.1, 0.15) is 24.0 Å². The Morgan fingerprint density at radius 2 is 1.84 bits per heavy atom. The minimum Gasteiger partial charge on any atom is -0.325 e. The van der Waals surface area contributed by atoms with E-state index in [9.17, 15) is 4.79 Å². The molecule has 0 unspecified atom stereocenters. The van der Waals surface area contributed by atoms with E-state index >= 15 is 0 Å². The van der Waals surface area contributed by atoms with Gasteiger partial charge in [0.15, 0.2) is 0 Å². The van der Waals surface area contributed by atoms with E-state index in [0.29, 0.717) is 0 Å². The van der Waals surface area contributed by atoms with Crippen LogP contribution in [0.15, 0.2) is 42.5 Å². The van der Waals surface area contributed by atoms with Crippen LogP contribution in [-0.2, 0) is 10.2 Å². The fourth-order valence-electron chi connectivity index (χ4n) is 3.05. The van der Waals surface area contributed by atoms with E-state index in [0.717, 1.165) is 18.5 Å². The molecule has 2 aromatic carbocycles. The van der Waals surface area contributed by atoms with Crippen molar-refractivity contribution in [1.29, 1.82) is 0 Å². The van der Waals surface area contributed by atoms with Gasteiger partial charge >= 0.3 is 0 Å². The van der Waals surface area contributed by atoms with Crippen molar-refractivity contribution in [2.75, 3.05) is 5.32 Å². The van der Waals surface area contributed by atoms with Crippen LogP contribution in [-0.4, -0.2) is 5.91 Å². The molecule has 1 saturated carbocycles. The van der Waals surface area contributed by atoms with Gasteiger partial charge in [-0.1, -0.05) is 42.0 Å². The number of aryl methyl sites for hydroxylation is 1. The van der Waals surface area contributed by atoms with Gasteiger partial charge in [0.05, 0.1) is 5.41 Å². The van der Waals surface area contributed by atoms with E-state index in [1.54, 1.807) is 0 Å². The van der Waals surface area contributed by atoms with Crippen molar-refractivity contribution < 1.29 is 4.79 Å². The van der Waals surface area contributed by atoms with Gasteiger partial charge in [0.25, 0.3) is 0 Å². The quantitative estimate of drug-likeness (QED) is 0.821. The minimum atomic E-state index is -0.180. The number of carbonyl (C=O) groups excluding carboxylic acids is 1. The lowest BCUT2D eigenvalue weighted by atomic mass is 9.95. The summed E-state index contributed by atoms with van der Waals surface area (Å²) < 4.78 is 0. The fraction of sp³-hybridized carbons (Fsp3) is 0.235. The molecule has 19 heavy (non-hydrogen) atoms. The van der Waals surface area contributed by atoms with E-state index in [1.807, 2.05) is 0 Å². The summed E-state index contributed by atoms with van der Waals surface area (Å²) in [6.07, 6.45) is 1.99. The summed E-state index contributed by atoms with van der Waals surface area (Å²) in [5.74, 6) is 0.184. The fourth-order valence-corrected chi connectivity index (χ4v) is 3.05. The van der Waals surface area contributed by atoms with Gasteiger partial charge in [-0.25, -0.2) is 0 Å². The highest BCUT2D eigenvalue weighted by molar-refractivity contribution is 6.08. The van der Waals surface area contributed by atoms with E-state index < -0.39 is 0 Å². The highest BCUT2D eigenvalue weighted by Crippen LogP contribution is 2.55. The summed E-state index contributed by atoms with van der Waals surface area (Å²) >= 11 is 0. The highest BCUT2D eigenvalue weighted by Gasteiger charge is 2.56. The van der Waals surface area contributed by atoms with Crippen molar-refractivity contribution in [1.82, 2.24) is 0 Å². The Balaban J connectivity index is 1.82. The van der Waals surface area contributed by atoms with Crippen LogP contribution in [0, 0.1) is 6.92 Å². The number of hydrogen-bond acceptors (Lipinski definition) is 1. The Hall–Kier alpha value is -2.09. The number of carbonyl (C=O) groups is 1. The normalized spacial score (nSPS) is 18.3. The molecule has 94 valence electrons. The second-order valence-corrected chi connectivity index (χ2v) is 5.67. The van der Waals surface area contributed by atoms with Crippen LogP contribution < -0.4 is 5.32 Å². The molecule has 1 aliphatic heterocycles. The van der Waals surface area contributed by atoms with Gasteiger partial charge in [0.1, 0.15) is 0 Å². The Morgan fingerprint density at radius 1 is 1.05 bits per heavy atom. The number of anilines is 1. The number of hydrogen-bond donors (Lipinski definition) is 1. The smallest absolute Gasteiger partial charge is 0.235 e. The first-order valence-electron chi connectivity index (χ1n) is 6.72. The van der Waals surface area contributed by atoms with Crippen LogP contribution in [0.25, 0.3) is 11.1 Å². The molecule has 1 N–H and O–H groups in total. The second kappa shape index (κ2) is 3.47. The van der Waals surface area contributed by atoms with Gasteiger partial charge in [-0.15, -0.1) is 0 Å². The molecule has 1 fully saturated rings. The number of benzene rings is 2. The predicted molar refractivity (Wildman–Crippen MR) is 76.2 cm³/mol. The summed E-state index contributed by atoms with van der Waals surface area (Å²) in [5, 5.41) is 3.04. The number of rotatable bonds is 1. The number of amides is 1. The summed E-state index contributed by atoms with van der Waals surface area (Å²) in [6.45, 7) is 2.10. The second-order valence-electron chi connectivity index (χ2n) is 5.67. The van der Waals surface area contributed by atoms with E-state index in [4.69, 9.17) is 0 Å². The molecule has 2 aliphatic rings. The lowest BCUT2D eigenvalue weighted by Gasteiger charge is -2.07. The molecule has 1 amide bonds. The van der Waals surface area contributed by atoms with E-state index in [-0.39, 0.29) is 11.3 Å². The third-order valence-electron chi connectivity index (χ3n) is 4.32. The molecule has 0 bridgehead atoms. The molecule has 2 heteroatoms. The first kappa shape index (κ1) is 10.8. The Bertz CT molecular complexity index is 698. The number of nitrogens with one attached hydrogen (secondary N) is 1. The molecule has 0 aromatic heterocycles. The average molecular weight is 249 g/mol. The van der Waals surface area contributed by atoms with Gasteiger partial charge in [0, 0.05) is 5.69 Å². The Kier molecular flexibility index (Phi) is 1.97. The van der Waals surface area contributed by atoms with Gasteiger partial charge < -0.3 is 5.32 Å². The molecule has 0 saturated heterocycles. The molecular weight excluding hydrogens is 234 g/mol. The van der Waals surface area contributed by atoms with Crippen LogP contribution >= 0.6 is 0 Å². The van der Waals surface area contributed by atoms with Gasteiger partial charge in [0.2, 0.25) is 5.91 Å². The Labute approximate surface area is 112 Å². The van der Waals surface area contributed by atoms with Gasteiger partial charge in [-0.2, -0.15) is 0 Å². The van der Waals surface area contributed by atoms with Crippen molar-refractivity contribution in [3.8, 4) is 11.1 Å². The van der Waals surface area contributed by atoms with Gasteiger partial charge in [-0.05, 0) is 42.5 Å². The predicted octanol–water partition coefficient (Wildman–Crippen LogP) is 3.65. The van der Waals surface area contributed by atoms with Crippen LogP contribution in [0.2, 0.25) is 0 Å². The zero-order valence-electron chi connectivity index (χ0n) is 10.9. The zero-order chi connectivity index (χ0) is 13.0. The van der Waals surface area contributed by atoms with Crippen LogP contribution in [0.3, 0.4) is 0 Å². The molecule has 1 aliphatic carbocycles. The lowest BCUT2D eigenvalue weighted by Crippen LogP contribution is -2.18. The number of fused-ring (bicyclic) bond motifs is 2. The summed E-state index contributed by atoms with van der Waals surface area (Å²) in [6, 6.07) is 14.8. The topological polar surface area (TPSA) is 29.1 Å². The molecule has 1 spiro atoms. The van der Waals surface area contributed by atoms with Crippen LogP contribution in [0.5, 0.6) is 0 Å². The maximum absolute atomic E-state index is 12.0. The Morgan fingerprint density at radius 3 is 2.58 bits per heavy atom. The molecule has 4 rings (SSSR count). The molecule has 2 nitrogen and oxygen atoms in total. The standard InChI is InChI=1S/C17H15NO/c1-11-3-2-4-12(9-11)13-5-6-14-15(10-13)18-16(19)17(14)7-8-17/h2-6,9-10H,7-8H2,1H3,(H,18,19). The largest absolute Gasteiger partial charge is 0.325 e. The van der Waals surface area contributed by atoms with Crippen molar-refractivity contribution in [3.05, 3.63) is 53.6 Å². The minimum absolute atomic E-state index is 0.180. The van der Waals surface area contributed by atoms with E-state index in [1.165, 1.54) is 22.3 Å². The SMILES string of the molecule is Cc1cccc(-c2ccc3c(c2)NC(=O)C32CC2)c1. The summed E-state index contributed by atoms with van der Waals surface area (Å²) in [7, 11) is 0. The third kappa shape index (κ3) is 1.46. The third-order valence-corrected chi connectivity index (χ3v) is 4.32. The molecule has 2 aromatic rings. The zero-order valence-corrected chi connectivity index (χ0v) is 10.9. The maximum atomic E-state index is 12.0. The maximum Gasteiger partial charge on any atom is 0.235 e. The van der Waals surface area contributed by atoms with Crippen molar-refractivity contribution in [2.45, 2.75) is 25.2 Å². The summed E-state index contributed by atoms with van der Waals surface area (Å²) in [5.41, 5.74) is 5.63. The molecule has 0 atom stereocenters. The first-order valence-corrected chi connectivity index (χ1v) is 6.72. The van der Waals surface area contributed by atoms with E-state index in [2.05, 4.69) is 54.7 Å². The van der Waals surface area contributed by atoms with Crippen molar-refractivity contribution in [3.63, 3.8) is 0 Å². The lowest BCUT2D eigenvalue weighted by molar-refractivity contribution is -0.117. The summed E-state index contributed by atoms with van der Waals surface area (Å²) in [4.78, 5) is 12.0. The monoisotopic (exact) mass is 249 g/mol. The average Bonchev–Trinajstić information content (AvgIpc) is 3.14. The van der Waals surface area contributed by atoms with Crippen molar-refractivity contribution >= 4 is 11.6 Å². The molecular formula is C17H15NO. The molecule has 0 radical (unpaired) electrons.